The molecule has 0 aliphatic carbocycles. The number of hydrogen-bond acceptors (Lipinski definition) is 5. The van der Waals surface area contributed by atoms with Crippen LogP contribution < -0.4 is 5.32 Å². The molecule has 0 spiro atoms. The van der Waals surface area contributed by atoms with Gasteiger partial charge in [-0.3, -0.25) is 0 Å². The Labute approximate surface area is 125 Å². The summed E-state index contributed by atoms with van der Waals surface area (Å²) < 4.78 is 5.13. The zero-order valence-electron chi connectivity index (χ0n) is 13.5. The number of amides is 2. The summed E-state index contributed by atoms with van der Waals surface area (Å²) in [4.78, 5) is 17.5. The first-order valence-corrected chi connectivity index (χ1v) is 7.23. The summed E-state index contributed by atoms with van der Waals surface area (Å²) in [6, 6.07) is -0.203. The molecule has 0 fully saturated rings. The van der Waals surface area contributed by atoms with Crippen molar-refractivity contribution in [2.75, 3.05) is 20.1 Å². The van der Waals surface area contributed by atoms with Gasteiger partial charge in [-0.25, -0.2) is 4.79 Å². The first-order chi connectivity index (χ1) is 9.69. The molecular formula is C14H26N4O3. The lowest BCUT2D eigenvalue weighted by Crippen LogP contribution is -2.44. The van der Waals surface area contributed by atoms with Crippen LogP contribution in [-0.2, 0) is 6.42 Å². The van der Waals surface area contributed by atoms with Crippen molar-refractivity contribution >= 4 is 6.03 Å². The van der Waals surface area contributed by atoms with E-state index in [9.17, 15) is 9.90 Å². The fourth-order valence-corrected chi connectivity index (χ4v) is 1.83. The molecule has 1 aromatic rings. The number of nitrogens with zero attached hydrogens (tertiary/aromatic N) is 3. The average molecular weight is 298 g/mol. The molecule has 120 valence electrons. The molecule has 0 radical (unpaired) electrons. The monoisotopic (exact) mass is 298 g/mol. The van der Waals surface area contributed by atoms with Crippen molar-refractivity contribution in [1.82, 2.24) is 20.4 Å². The van der Waals surface area contributed by atoms with Crippen molar-refractivity contribution in [3.63, 3.8) is 0 Å². The Bertz CT molecular complexity index is 451. The van der Waals surface area contributed by atoms with E-state index < -0.39 is 5.60 Å². The molecule has 0 saturated carbocycles. The van der Waals surface area contributed by atoms with Crippen LogP contribution >= 0.6 is 0 Å². The maximum Gasteiger partial charge on any atom is 0.317 e. The maximum atomic E-state index is 11.8. The summed E-state index contributed by atoms with van der Waals surface area (Å²) in [5.74, 6) is 1.55. The fraction of sp³-hybridized carbons (Fsp3) is 0.786. The van der Waals surface area contributed by atoms with E-state index in [-0.39, 0.29) is 18.5 Å². The maximum absolute atomic E-state index is 11.8. The number of nitrogens with one attached hydrogen (secondary N) is 1. The third-order valence-corrected chi connectivity index (χ3v) is 2.81. The molecule has 2 amide bonds. The molecule has 21 heavy (non-hydrogen) atoms. The molecule has 1 aromatic heterocycles. The molecule has 0 aromatic carbocycles. The van der Waals surface area contributed by atoms with E-state index in [0.717, 1.165) is 6.42 Å². The molecule has 0 unspecified atom stereocenters. The standard InChI is InChI=1S/C14H26N4O3/c1-10(2)12-16-11(21-17-12)7-6-8-15-13(19)18(5)9-14(3,4)20/h10,20H,6-9H2,1-5H3,(H,15,19). The second kappa shape index (κ2) is 7.40. The summed E-state index contributed by atoms with van der Waals surface area (Å²) in [7, 11) is 1.65. The number of carbonyl (C=O) groups is 1. The Balaban J connectivity index is 2.25. The highest BCUT2D eigenvalue weighted by molar-refractivity contribution is 5.73. The Morgan fingerprint density at radius 3 is 2.67 bits per heavy atom. The van der Waals surface area contributed by atoms with E-state index >= 15 is 0 Å². The van der Waals surface area contributed by atoms with Crippen molar-refractivity contribution in [3.05, 3.63) is 11.7 Å². The highest BCUT2D eigenvalue weighted by atomic mass is 16.5. The lowest BCUT2D eigenvalue weighted by atomic mass is 10.1. The summed E-state index contributed by atoms with van der Waals surface area (Å²) in [6.45, 7) is 8.15. The first-order valence-electron chi connectivity index (χ1n) is 7.23. The van der Waals surface area contributed by atoms with Gasteiger partial charge in [-0.05, 0) is 20.3 Å². The van der Waals surface area contributed by atoms with Gasteiger partial charge in [0.15, 0.2) is 5.82 Å². The zero-order chi connectivity index (χ0) is 16.0. The van der Waals surface area contributed by atoms with Crippen LogP contribution in [0.5, 0.6) is 0 Å². The van der Waals surface area contributed by atoms with Gasteiger partial charge in [-0.15, -0.1) is 0 Å². The van der Waals surface area contributed by atoms with E-state index in [0.29, 0.717) is 24.7 Å². The van der Waals surface area contributed by atoms with Crippen LogP contribution in [-0.4, -0.2) is 51.9 Å². The largest absolute Gasteiger partial charge is 0.389 e. The molecule has 0 aliphatic rings. The van der Waals surface area contributed by atoms with Crippen LogP contribution in [0.1, 0.15) is 51.7 Å². The van der Waals surface area contributed by atoms with Gasteiger partial charge in [0.25, 0.3) is 0 Å². The van der Waals surface area contributed by atoms with E-state index in [4.69, 9.17) is 4.52 Å². The van der Waals surface area contributed by atoms with Crippen LogP contribution in [0, 0.1) is 0 Å². The summed E-state index contributed by atoms with van der Waals surface area (Å²) >= 11 is 0. The van der Waals surface area contributed by atoms with E-state index in [2.05, 4.69) is 15.5 Å². The van der Waals surface area contributed by atoms with Gasteiger partial charge in [0.05, 0.1) is 12.1 Å². The number of rotatable bonds is 7. The number of urea groups is 1. The smallest absolute Gasteiger partial charge is 0.317 e. The second-order valence-corrected chi connectivity index (χ2v) is 6.20. The number of likely N-dealkylation sites (N-methyl/N-ethyl adjacent to an activating group) is 1. The topological polar surface area (TPSA) is 91.5 Å². The van der Waals surface area contributed by atoms with Crippen LogP contribution in [0.2, 0.25) is 0 Å². The minimum absolute atomic E-state index is 0.203. The van der Waals surface area contributed by atoms with Crippen molar-refractivity contribution in [2.24, 2.45) is 0 Å². The predicted octanol–water partition coefficient (Wildman–Crippen LogP) is 1.54. The van der Waals surface area contributed by atoms with Gasteiger partial charge in [-0.1, -0.05) is 19.0 Å². The molecule has 2 N–H and O–H groups in total. The highest BCUT2D eigenvalue weighted by Crippen LogP contribution is 2.10. The van der Waals surface area contributed by atoms with Crippen LogP contribution in [0.15, 0.2) is 4.52 Å². The second-order valence-electron chi connectivity index (χ2n) is 6.20. The highest BCUT2D eigenvalue weighted by Gasteiger charge is 2.19. The summed E-state index contributed by atoms with van der Waals surface area (Å²) in [5, 5.41) is 16.3. The molecule has 0 aliphatic heterocycles. The fourth-order valence-electron chi connectivity index (χ4n) is 1.83. The van der Waals surface area contributed by atoms with Gasteiger partial charge in [0, 0.05) is 25.9 Å². The lowest BCUT2D eigenvalue weighted by molar-refractivity contribution is 0.0532. The quantitative estimate of drug-likeness (QED) is 0.745. The number of aryl methyl sites for hydroxylation is 1. The minimum atomic E-state index is -0.900. The van der Waals surface area contributed by atoms with Crippen molar-refractivity contribution in [1.29, 1.82) is 0 Å². The molecule has 0 saturated heterocycles. The molecule has 0 bridgehead atoms. The zero-order valence-corrected chi connectivity index (χ0v) is 13.5. The van der Waals surface area contributed by atoms with Gasteiger partial charge in [0.1, 0.15) is 0 Å². The van der Waals surface area contributed by atoms with E-state index in [1.165, 1.54) is 4.90 Å². The third kappa shape index (κ3) is 6.57. The van der Waals surface area contributed by atoms with Crippen LogP contribution in [0.25, 0.3) is 0 Å². The molecule has 1 heterocycles. The molecular weight excluding hydrogens is 272 g/mol. The van der Waals surface area contributed by atoms with Crippen LogP contribution in [0.3, 0.4) is 0 Å². The number of aromatic nitrogens is 2. The Morgan fingerprint density at radius 2 is 2.14 bits per heavy atom. The SMILES string of the molecule is CC(C)c1noc(CCCNC(=O)N(C)CC(C)(C)O)n1. The minimum Gasteiger partial charge on any atom is -0.389 e. The summed E-state index contributed by atoms with van der Waals surface area (Å²) in [6.07, 6.45) is 1.36. The Kier molecular flexibility index (Phi) is 6.14. The van der Waals surface area contributed by atoms with Gasteiger partial charge in [-0.2, -0.15) is 4.98 Å². The third-order valence-electron chi connectivity index (χ3n) is 2.81. The Hall–Kier alpha value is -1.63. The van der Waals surface area contributed by atoms with Crippen molar-refractivity contribution < 1.29 is 14.4 Å². The average Bonchev–Trinajstić information content (AvgIpc) is 2.81. The molecule has 7 nitrogen and oxygen atoms in total. The van der Waals surface area contributed by atoms with Gasteiger partial charge in [0.2, 0.25) is 5.89 Å². The normalized spacial score (nSPS) is 11.8. The predicted molar refractivity (Wildman–Crippen MR) is 79.0 cm³/mol. The lowest BCUT2D eigenvalue weighted by Gasteiger charge is -2.25. The number of hydrogen-bond donors (Lipinski definition) is 2. The Morgan fingerprint density at radius 1 is 1.48 bits per heavy atom. The van der Waals surface area contributed by atoms with E-state index in [1.807, 2.05) is 13.8 Å². The number of aliphatic hydroxyl groups is 1. The van der Waals surface area contributed by atoms with Gasteiger partial charge < -0.3 is 19.8 Å². The summed E-state index contributed by atoms with van der Waals surface area (Å²) in [5.41, 5.74) is -0.900. The van der Waals surface area contributed by atoms with Crippen LogP contribution in [0.4, 0.5) is 4.79 Å². The first kappa shape index (κ1) is 17.4. The van der Waals surface area contributed by atoms with Gasteiger partial charge >= 0.3 is 6.03 Å². The number of carbonyl (C=O) groups excluding carboxylic acids is 1. The molecule has 7 heteroatoms. The van der Waals surface area contributed by atoms with E-state index in [1.54, 1.807) is 20.9 Å². The molecule has 1 rings (SSSR count). The van der Waals surface area contributed by atoms with Crippen molar-refractivity contribution in [3.8, 4) is 0 Å². The molecule has 0 atom stereocenters. The van der Waals surface area contributed by atoms with Crippen molar-refractivity contribution in [2.45, 2.75) is 52.1 Å².